The van der Waals surface area contributed by atoms with Gasteiger partial charge >= 0.3 is 12.4 Å². The summed E-state index contributed by atoms with van der Waals surface area (Å²) in [5.41, 5.74) is 3.10. The number of amides is 2. The molecule has 276 valence electrons. The van der Waals surface area contributed by atoms with Crippen molar-refractivity contribution in [3.05, 3.63) is 58.9 Å². The van der Waals surface area contributed by atoms with E-state index in [0.717, 1.165) is 6.07 Å². The highest BCUT2D eigenvalue weighted by Crippen LogP contribution is 2.36. The summed E-state index contributed by atoms with van der Waals surface area (Å²) < 4.78 is 104. The van der Waals surface area contributed by atoms with Crippen molar-refractivity contribution in [2.24, 2.45) is 29.4 Å². The van der Waals surface area contributed by atoms with E-state index in [1.807, 2.05) is 13.8 Å². The predicted molar refractivity (Wildman–Crippen MR) is 170 cm³/mol. The van der Waals surface area contributed by atoms with Crippen molar-refractivity contribution in [2.75, 3.05) is 25.6 Å². The van der Waals surface area contributed by atoms with Gasteiger partial charge in [0.15, 0.2) is 0 Å². The van der Waals surface area contributed by atoms with Gasteiger partial charge in [0.1, 0.15) is 11.6 Å². The molecule has 0 spiro atoms. The molecule has 49 heavy (non-hydrogen) atoms. The van der Waals surface area contributed by atoms with Crippen LogP contribution in [-0.2, 0) is 33.2 Å². The predicted octanol–water partition coefficient (Wildman–Crippen LogP) is 6.94. The van der Waals surface area contributed by atoms with Crippen molar-refractivity contribution < 1.29 is 54.9 Å². The first-order chi connectivity index (χ1) is 22.7. The lowest BCUT2D eigenvalue weighted by atomic mass is 9.82. The van der Waals surface area contributed by atoms with Crippen molar-refractivity contribution in [1.82, 2.24) is 5.32 Å². The summed E-state index contributed by atoms with van der Waals surface area (Å²) in [6, 6.07) is 3.95. The fourth-order valence-corrected chi connectivity index (χ4v) is 5.21. The summed E-state index contributed by atoms with van der Waals surface area (Å²) in [5, 5.41) is 16.1. The van der Waals surface area contributed by atoms with Gasteiger partial charge in [-0.2, -0.15) is 26.3 Å². The fourth-order valence-electron chi connectivity index (χ4n) is 5.21. The summed E-state index contributed by atoms with van der Waals surface area (Å²) >= 11 is 0. The molecular weight excluding hydrogens is 663 g/mol. The second-order valence-corrected chi connectivity index (χ2v) is 12.8. The van der Waals surface area contributed by atoms with Crippen LogP contribution < -0.4 is 21.1 Å². The van der Waals surface area contributed by atoms with Crippen LogP contribution in [-0.4, -0.2) is 49.4 Å². The number of alkyl halides is 6. The number of hydrogen-bond acceptors (Lipinski definition) is 6. The number of benzene rings is 2. The lowest BCUT2D eigenvalue weighted by Gasteiger charge is -2.29. The van der Waals surface area contributed by atoms with Crippen LogP contribution in [0.15, 0.2) is 36.4 Å². The molecule has 2 aromatic rings. The van der Waals surface area contributed by atoms with Crippen LogP contribution in [0.5, 0.6) is 5.75 Å². The number of nitrogens with two attached hydrogens (primary N) is 1. The van der Waals surface area contributed by atoms with Gasteiger partial charge in [-0.15, -0.1) is 0 Å². The molecule has 0 heterocycles. The van der Waals surface area contributed by atoms with Gasteiger partial charge in [-0.25, -0.2) is 4.39 Å². The molecule has 0 aliphatic heterocycles. The smallest absolute Gasteiger partial charge is 0.416 e. The molecule has 8 nitrogen and oxygen atoms in total. The number of rotatable bonds is 18. The molecule has 0 unspecified atom stereocenters. The van der Waals surface area contributed by atoms with E-state index in [9.17, 15) is 45.4 Å². The standard InChI is InChI=1S/C34H46F7N3O5/c1-19(2)22(14-31(46)44-28-16-25(35)7-8-30(28)49-10-6-9-48-5)13-27(42)29(45)17-26(20(3)4)32(47)43-18-21-11-23(33(36,37)38)15-24(12-21)34(39,40)41/h7-8,11-12,15-16,19-20,22,26-27,29,45H,6,9-10,13-14,17-18,42H2,1-5H3,(H,43,47)(H,44,46)/t22-,26+,27+,29+/m1/s1. The van der Waals surface area contributed by atoms with Crippen LogP contribution >= 0.6 is 0 Å². The number of aliphatic hydroxyl groups excluding tert-OH is 1. The highest BCUT2D eigenvalue weighted by molar-refractivity contribution is 5.92. The van der Waals surface area contributed by atoms with Gasteiger partial charge in [0.05, 0.1) is 29.5 Å². The zero-order valence-electron chi connectivity index (χ0n) is 28.2. The summed E-state index contributed by atoms with van der Waals surface area (Å²) in [6.45, 7) is 7.23. The van der Waals surface area contributed by atoms with E-state index in [-0.39, 0.29) is 61.1 Å². The normalized spacial score (nSPS) is 14.8. The molecule has 2 rings (SSSR count). The average molecular weight is 710 g/mol. The quantitative estimate of drug-likeness (QED) is 0.0984. The number of anilines is 1. The van der Waals surface area contributed by atoms with E-state index in [2.05, 4.69) is 10.6 Å². The number of ether oxygens (including phenoxy) is 2. The van der Waals surface area contributed by atoms with E-state index < -0.39 is 71.3 Å². The Labute approximate surface area is 281 Å². The van der Waals surface area contributed by atoms with E-state index in [1.165, 1.54) is 12.1 Å². The largest absolute Gasteiger partial charge is 0.491 e. The second kappa shape index (κ2) is 18.5. The Bertz CT molecular complexity index is 1340. The van der Waals surface area contributed by atoms with E-state index in [4.69, 9.17) is 15.2 Å². The number of aliphatic hydroxyl groups is 1. The number of nitrogens with one attached hydrogen (secondary N) is 2. The average Bonchev–Trinajstić information content (AvgIpc) is 2.99. The molecule has 2 aromatic carbocycles. The van der Waals surface area contributed by atoms with Crippen molar-refractivity contribution >= 4 is 17.5 Å². The highest BCUT2D eigenvalue weighted by Gasteiger charge is 2.37. The molecule has 5 N–H and O–H groups in total. The Morgan fingerprint density at radius 2 is 1.51 bits per heavy atom. The number of hydrogen-bond donors (Lipinski definition) is 4. The molecule has 0 saturated heterocycles. The number of methoxy groups -OCH3 is 1. The van der Waals surface area contributed by atoms with Crippen molar-refractivity contribution in [1.29, 1.82) is 0 Å². The Morgan fingerprint density at radius 3 is 2.04 bits per heavy atom. The first kappa shape index (κ1) is 41.7. The van der Waals surface area contributed by atoms with Gasteiger partial charge in [0, 0.05) is 51.1 Å². The van der Waals surface area contributed by atoms with E-state index in [0.29, 0.717) is 25.2 Å². The SMILES string of the molecule is COCCCOc1ccc(F)cc1NC(=O)C[C@@H](C[C@H](N)[C@@H](O)C[C@H](C(=O)NCc1cc(C(F)(F)F)cc(C(F)(F)F)c1)C(C)C)C(C)C. The molecule has 0 saturated carbocycles. The first-order valence-electron chi connectivity index (χ1n) is 15.9. The minimum absolute atomic E-state index is 0.00690. The lowest BCUT2D eigenvalue weighted by Crippen LogP contribution is -2.42. The number of carbonyl (C=O) groups excluding carboxylic acids is 2. The van der Waals surface area contributed by atoms with Gasteiger partial charge in [-0.1, -0.05) is 27.7 Å². The Hall–Kier alpha value is -3.43. The molecular formula is C34H46F7N3O5. The summed E-state index contributed by atoms with van der Waals surface area (Å²) in [6.07, 6.45) is -10.7. The maximum Gasteiger partial charge on any atom is 0.416 e. The van der Waals surface area contributed by atoms with Gasteiger partial charge in [-0.05, 0) is 66.5 Å². The first-order valence-corrected chi connectivity index (χ1v) is 15.9. The van der Waals surface area contributed by atoms with Crippen molar-refractivity contribution in [2.45, 2.75) is 84.4 Å². The molecule has 0 radical (unpaired) electrons. The Kier molecular flexibility index (Phi) is 15.8. The minimum Gasteiger partial charge on any atom is -0.491 e. The number of carbonyl (C=O) groups is 2. The molecule has 4 atom stereocenters. The third-order valence-electron chi connectivity index (χ3n) is 8.18. The van der Waals surface area contributed by atoms with Crippen LogP contribution in [0.3, 0.4) is 0 Å². The summed E-state index contributed by atoms with van der Waals surface area (Å²) in [5.74, 6) is -3.07. The van der Waals surface area contributed by atoms with Crippen LogP contribution in [0.4, 0.5) is 36.4 Å². The zero-order valence-corrected chi connectivity index (χ0v) is 28.2. The fraction of sp³-hybridized carbons (Fsp3) is 0.588. The second-order valence-electron chi connectivity index (χ2n) is 12.8. The summed E-state index contributed by atoms with van der Waals surface area (Å²) in [7, 11) is 1.55. The molecule has 0 fully saturated rings. The topological polar surface area (TPSA) is 123 Å². The van der Waals surface area contributed by atoms with Gasteiger partial charge in [0.25, 0.3) is 0 Å². The molecule has 0 aliphatic rings. The van der Waals surface area contributed by atoms with Gasteiger partial charge < -0.3 is 30.9 Å². The zero-order chi connectivity index (χ0) is 37.1. The maximum atomic E-state index is 14.0. The Balaban J connectivity index is 2.07. The third-order valence-corrected chi connectivity index (χ3v) is 8.18. The lowest BCUT2D eigenvalue weighted by molar-refractivity contribution is -0.143. The Morgan fingerprint density at radius 1 is 0.898 bits per heavy atom. The molecule has 0 aliphatic carbocycles. The maximum absolute atomic E-state index is 14.0. The third kappa shape index (κ3) is 13.8. The van der Waals surface area contributed by atoms with Crippen LogP contribution in [0.1, 0.15) is 70.1 Å². The van der Waals surface area contributed by atoms with Crippen LogP contribution in [0.2, 0.25) is 0 Å². The molecule has 0 bridgehead atoms. The summed E-state index contributed by atoms with van der Waals surface area (Å²) in [4.78, 5) is 26.1. The monoisotopic (exact) mass is 709 g/mol. The van der Waals surface area contributed by atoms with Crippen molar-refractivity contribution in [3.8, 4) is 5.75 Å². The van der Waals surface area contributed by atoms with Crippen LogP contribution in [0.25, 0.3) is 0 Å². The van der Waals surface area contributed by atoms with Crippen LogP contribution in [0, 0.1) is 29.5 Å². The highest BCUT2D eigenvalue weighted by atomic mass is 19.4. The van der Waals surface area contributed by atoms with E-state index >= 15 is 0 Å². The van der Waals surface area contributed by atoms with E-state index in [1.54, 1.807) is 21.0 Å². The van der Waals surface area contributed by atoms with Gasteiger partial charge in [-0.3, -0.25) is 9.59 Å². The minimum atomic E-state index is -5.03. The van der Waals surface area contributed by atoms with Gasteiger partial charge in [0.2, 0.25) is 11.8 Å². The molecule has 15 heteroatoms. The number of halogens is 7. The molecule has 0 aromatic heterocycles. The molecule has 2 amide bonds. The van der Waals surface area contributed by atoms with Crippen molar-refractivity contribution in [3.63, 3.8) is 0 Å².